The van der Waals surface area contributed by atoms with Crippen LogP contribution in [0, 0.1) is 5.92 Å². The van der Waals surface area contributed by atoms with E-state index in [1.165, 1.54) is 0 Å². The van der Waals surface area contributed by atoms with Gasteiger partial charge in [-0.25, -0.2) is 0 Å². The standard InChI is InChI=1S/C9H22N2O/c1-8(2)4-5-11(3)9(6-10)7-12/h8-9,12H,4-7,10H2,1-3H3. The molecule has 0 aromatic carbocycles. The highest BCUT2D eigenvalue weighted by molar-refractivity contribution is 4.68. The molecule has 1 atom stereocenters. The third-order valence-electron chi connectivity index (χ3n) is 2.17. The summed E-state index contributed by atoms with van der Waals surface area (Å²) in [6.45, 7) is 6.10. The number of aliphatic hydroxyl groups excluding tert-OH is 1. The molecule has 0 saturated carbocycles. The van der Waals surface area contributed by atoms with Crippen molar-refractivity contribution in [3.63, 3.8) is 0 Å². The predicted octanol–water partition coefficient (Wildman–Crippen LogP) is 0.284. The van der Waals surface area contributed by atoms with Gasteiger partial charge in [0.25, 0.3) is 0 Å². The first-order chi connectivity index (χ1) is 5.61. The van der Waals surface area contributed by atoms with Crippen molar-refractivity contribution in [1.29, 1.82) is 0 Å². The Morgan fingerprint density at radius 1 is 1.42 bits per heavy atom. The second-order valence-corrected chi connectivity index (χ2v) is 3.74. The molecule has 0 saturated heterocycles. The second kappa shape index (κ2) is 6.40. The van der Waals surface area contributed by atoms with Crippen LogP contribution in [0.1, 0.15) is 20.3 Å². The molecule has 0 aliphatic rings. The summed E-state index contributed by atoms with van der Waals surface area (Å²) in [7, 11) is 2.01. The van der Waals surface area contributed by atoms with Gasteiger partial charge in [0.1, 0.15) is 0 Å². The SMILES string of the molecule is CC(C)CCN(C)C(CN)CO. The zero-order valence-corrected chi connectivity index (χ0v) is 8.45. The molecule has 0 amide bonds. The van der Waals surface area contributed by atoms with Gasteiger partial charge in [-0.1, -0.05) is 13.8 Å². The Hall–Kier alpha value is -0.120. The summed E-state index contributed by atoms with van der Waals surface area (Å²) in [5, 5.41) is 8.94. The molecule has 12 heavy (non-hydrogen) atoms. The van der Waals surface area contributed by atoms with Gasteiger partial charge in [-0.2, -0.15) is 0 Å². The lowest BCUT2D eigenvalue weighted by atomic mass is 10.1. The molecule has 0 heterocycles. The molecule has 0 aromatic rings. The maximum Gasteiger partial charge on any atom is 0.0599 e. The Bertz CT molecular complexity index is 103. The van der Waals surface area contributed by atoms with E-state index in [1.54, 1.807) is 0 Å². The first-order valence-electron chi connectivity index (χ1n) is 4.63. The van der Waals surface area contributed by atoms with Gasteiger partial charge in [0.05, 0.1) is 6.61 Å². The molecule has 0 aliphatic heterocycles. The fourth-order valence-corrected chi connectivity index (χ4v) is 1.04. The number of rotatable bonds is 6. The van der Waals surface area contributed by atoms with Crippen LogP contribution in [0.4, 0.5) is 0 Å². The topological polar surface area (TPSA) is 49.5 Å². The van der Waals surface area contributed by atoms with Crippen LogP contribution in [0.25, 0.3) is 0 Å². The molecule has 0 spiro atoms. The van der Waals surface area contributed by atoms with Crippen molar-refractivity contribution in [2.24, 2.45) is 11.7 Å². The summed E-state index contributed by atoms with van der Waals surface area (Å²) in [5.41, 5.74) is 5.49. The number of hydrogen-bond donors (Lipinski definition) is 2. The molecule has 0 bridgehead atoms. The zero-order valence-electron chi connectivity index (χ0n) is 8.45. The van der Waals surface area contributed by atoms with Crippen molar-refractivity contribution < 1.29 is 5.11 Å². The Balaban J connectivity index is 3.61. The summed E-state index contributed by atoms with van der Waals surface area (Å²) < 4.78 is 0. The fourth-order valence-electron chi connectivity index (χ4n) is 1.04. The van der Waals surface area contributed by atoms with Crippen LogP contribution in [0.3, 0.4) is 0 Å². The van der Waals surface area contributed by atoms with E-state index < -0.39 is 0 Å². The van der Waals surface area contributed by atoms with E-state index in [0.29, 0.717) is 12.5 Å². The number of hydrogen-bond acceptors (Lipinski definition) is 3. The number of nitrogens with two attached hydrogens (primary N) is 1. The molecule has 0 aromatic heterocycles. The van der Waals surface area contributed by atoms with Gasteiger partial charge in [-0.05, 0) is 25.9 Å². The van der Waals surface area contributed by atoms with E-state index in [-0.39, 0.29) is 12.6 Å². The summed E-state index contributed by atoms with van der Waals surface area (Å²) in [6, 6.07) is 0.128. The van der Waals surface area contributed by atoms with Gasteiger partial charge in [0.15, 0.2) is 0 Å². The highest BCUT2D eigenvalue weighted by atomic mass is 16.3. The van der Waals surface area contributed by atoms with E-state index >= 15 is 0 Å². The van der Waals surface area contributed by atoms with Crippen LogP contribution < -0.4 is 5.73 Å². The van der Waals surface area contributed by atoms with Crippen LogP contribution in [0.5, 0.6) is 0 Å². The molecule has 0 fully saturated rings. The summed E-state index contributed by atoms with van der Waals surface area (Å²) in [5.74, 6) is 0.713. The third-order valence-corrected chi connectivity index (χ3v) is 2.17. The van der Waals surface area contributed by atoms with E-state index in [9.17, 15) is 0 Å². The second-order valence-electron chi connectivity index (χ2n) is 3.74. The summed E-state index contributed by atoms with van der Waals surface area (Å²) >= 11 is 0. The van der Waals surface area contributed by atoms with Crippen LogP contribution in [-0.2, 0) is 0 Å². The number of nitrogens with zero attached hydrogens (tertiary/aromatic N) is 1. The minimum Gasteiger partial charge on any atom is -0.395 e. The predicted molar refractivity (Wildman–Crippen MR) is 52.0 cm³/mol. The number of aliphatic hydroxyl groups is 1. The number of likely N-dealkylation sites (N-methyl/N-ethyl adjacent to an activating group) is 1. The van der Waals surface area contributed by atoms with Crippen LogP contribution in [-0.4, -0.2) is 42.8 Å². The Morgan fingerprint density at radius 3 is 2.33 bits per heavy atom. The van der Waals surface area contributed by atoms with Gasteiger partial charge >= 0.3 is 0 Å². The summed E-state index contributed by atoms with van der Waals surface area (Å²) in [4.78, 5) is 2.12. The summed E-state index contributed by atoms with van der Waals surface area (Å²) in [6.07, 6.45) is 1.16. The maximum atomic E-state index is 8.94. The van der Waals surface area contributed by atoms with Crippen molar-refractivity contribution >= 4 is 0 Å². The Morgan fingerprint density at radius 2 is 2.00 bits per heavy atom. The van der Waals surface area contributed by atoms with Gasteiger partial charge in [0, 0.05) is 12.6 Å². The van der Waals surface area contributed by atoms with Crippen molar-refractivity contribution in [3.8, 4) is 0 Å². The lowest BCUT2D eigenvalue weighted by Gasteiger charge is -2.25. The van der Waals surface area contributed by atoms with Crippen molar-refractivity contribution in [1.82, 2.24) is 4.90 Å². The van der Waals surface area contributed by atoms with Crippen LogP contribution in [0.2, 0.25) is 0 Å². The monoisotopic (exact) mass is 174 g/mol. The Kier molecular flexibility index (Phi) is 6.34. The van der Waals surface area contributed by atoms with Gasteiger partial charge < -0.3 is 10.8 Å². The molecule has 3 nitrogen and oxygen atoms in total. The maximum absolute atomic E-state index is 8.94. The normalized spacial score (nSPS) is 14.2. The van der Waals surface area contributed by atoms with Gasteiger partial charge in [-0.15, -0.1) is 0 Å². The highest BCUT2D eigenvalue weighted by Crippen LogP contribution is 2.02. The molecule has 0 rings (SSSR count). The first-order valence-corrected chi connectivity index (χ1v) is 4.63. The van der Waals surface area contributed by atoms with Crippen molar-refractivity contribution in [2.75, 3.05) is 26.7 Å². The van der Waals surface area contributed by atoms with Crippen LogP contribution >= 0.6 is 0 Å². The molecule has 1 unspecified atom stereocenters. The van der Waals surface area contributed by atoms with E-state index in [2.05, 4.69) is 18.7 Å². The molecule has 74 valence electrons. The Labute approximate surface area is 75.6 Å². The smallest absolute Gasteiger partial charge is 0.0599 e. The third kappa shape index (κ3) is 4.70. The van der Waals surface area contributed by atoms with Crippen molar-refractivity contribution in [3.05, 3.63) is 0 Å². The lowest BCUT2D eigenvalue weighted by molar-refractivity contribution is 0.147. The largest absolute Gasteiger partial charge is 0.395 e. The quantitative estimate of drug-likeness (QED) is 0.608. The van der Waals surface area contributed by atoms with E-state index in [1.807, 2.05) is 7.05 Å². The molecular weight excluding hydrogens is 152 g/mol. The van der Waals surface area contributed by atoms with Gasteiger partial charge in [-0.3, -0.25) is 4.90 Å². The molecular formula is C9H22N2O. The average Bonchev–Trinajstić information content (AvgIpc) is 2.03. The average molecular weight is 174 g/mol. The molecule has 3 N–H and O–H groups in total. The zero-order chi connectivity index (χ0) is 9.56. The fraction of sp³-hybridized carbons (Fsp3) is 1.00. The first kappa shape index (κ1) is 11.9. The van der Waals surface area contributed by atoms with Gasteiger partial charge in [0.2, 0.25) is 0 Å². The van der Waals surface area contributed by atoms with Crippen LogP contribution in [0.15, 0.2) is 0 Å². The minimum absolute atomic E-state index is 0.128. The molecule has 0 aliphatic carbocycles. The van der Waals surface area contributed by atoms with E-state index in [0.717, 1.165) is 13.0 Å². The molecule has 3 heteroatoms. The molecule has 0 radical (unpaired) electrons. The highest BCUT2D eigenvalue weighted by Gasteiger charge is 2.11. The van der Waals surface area contributed by atoms with E-state index in [4.69, 9.17) is 10.8 Å². The van der Waals surface area contributed by atoms with Crippen molar-refractivity contribution in [2.45, 2.75) is 26.3 Å². The minimum atomic E-state index is 0.128. The lowest BCUT2D eigenvalue weighted by Crippen LogP contribution is -2.41.